The fraction of sp³-hybridized carbons (Fsp3) is 0.348. The lowest BCUT2D eigenvalue weighted by Crippen LogP contribution is -2.41. The number of halogens is 1. The Kier molecular flexibility index (Phi) is 8.36. The summed E-state index contributed by atoms with van der Waals surface area (Å²) in [7, 11) is 0.0185. The highest BCUT2D eigenvalue weighted by Gasteiger charge is 2.30. The predicted molar refractivity (Wildman–Crippen MR) is 129 cm³/mol. The molecule has 33 heavy (non-hydrogen) atoms. The molecule has 0 aliphatic carbocycles. The van der Waals surface area contributed by atoms with Crippen LogP contribution < -0.4 is 19.5 Å². The molecule has 0 amide bonds. The van der Waals surface area contributed by atoms with E-state index in [-0.39, 0.29) is 42.4 Å². The Hall–Kier alpha value is -2.59. The summed E-state index contributed by atoms with van der Waals surface area (Å²) >= 11 is 0. The highest BCUT2D eigenvalue weighted by Crippen LogP contribution is 2.38. The average molecular weight is 493 g/mol. The Labute approximate surface area is 200 Å². The van der Waals surface area contributed by atoms with Gasteiger partial charge in [0.25, 0.3) is 0 Å². The van der Waals surface area contributed by atoms with Crippen LogP contribution in [0, 0.1) is 0 Å². The number of nitrogens with zero attached hydrogens (tertiary/aromatic N) is 2. The van der Waals surface area contributed by atoms with Crippen molar-refractivity contribution in [3.63, 3.8) is 0 Å². The van der Waals surface area contributed by atoms with Gasteiger partial charge in [0.15, 0.2) is 0 Å². The molecule has 10 heteroatoms. The summed E-state index contributed by atoms with van der Waals surface area (Å²) in [6, 6.07) is 16.4. The van der Waals surface area contributed by atoms with Crippen LogP contribution in [0.2, 0.25) is 0 Å². The van der Waals surface area contributed by atoms with Crippen molar-refractivity contribution >= 4 is 22.4 Å². The molecule has 1 aromatic heterocycles. The largest absolute Gasteiger partial charge is 0.492 e. The van der Waals surface area contributed by atoms with E-state index in [1.165, 1.54) is 22.6 Å². The number of sulfonamides is 1. The van der Waals surface area contributed by atoms with Crippen molar-refractivity contribution in [2.24, 2.45) is 7.05 Å². The SMILES string of the molecule is CN[C@H]1COc2ccc(OCCNS(=O)(=O)c3cnn(C)c3)cc2[C@H]1Cc1ccccc1.Cl. The van der Waals surface area contributed by atoms with Gasteiger partial charge in [-0.25, -0.2) is 13.1 Å². The van der Waals surface area contributed by atoms with Crippen LogP contribution in [0.15, 0.2) is 65.8 Å². The van der Waals surface area contributed by atoms with Crippen molar-refractivity contribution < 1.29 is 17.9 Å². The molecule has 2 atom stereocenters. The zero-order valence-electron chi connectivity index (χ0n) is 18.6. The van der Waals surface area contributed by atoms with Gasteiger partial charge in [-0.1, -0.05) is 30.3 Å². The monoisotopic (exact) mass is 492 g/mol. The van der Waals surface area contributed by atoms with Crippen LogP contribution in [0.4, 0.5) is 0 Å². The van der Waals surface area contributed by atoms with Crippen molar-refractivity contribution in [3.8, 4) is 11.5 Å². The van der Waals surface area contributed by atoms with Gasteiger partial charge in [0.2, 0.25) is 10.0 Å². The number of aromatic nitrogens is 2. The lowest BCUT2D eigenvalue weighted by molar-refractivity contribution is 0.217. The lowest BCUT2D eigenvalue weighted by atomic mass is 9.84. The zero-order chi connectivity index (χ0) is 22.6. The second kappa shape index (κ2) is 11.0. The summed E-state index contributed by atoms with van der Waals surface area (Å²) in [5.74, 6) is 1.78. The van der Waals surface area contributed by atoms with Crippen molar-refractivity contribution in [1.82, 2.24) is 19.8 Å². The fourth-order valence-electron chi connectivity index (χ4n) is 3.92. The van der Waals surface area contributed by atoms with Crippen LogP contribution in [0.3, 0.4) is 0 Å². The first kappa shape index (κ1) is 25.0. The van der Waals surface area contributed by atoms with Gasteiger partial charge in [-0.15, -0.1) is 12.4 Å². The first-order valence-electron chi connectivity index (χ1n) is 10.6. The molecule has 0 fully saturated rings. The Morgan fingerprint density at radius 2 is 2.00 bits per heavy atom. The summed E-state index contributed by atoms with van der Waals surface area (Å²) < 4.78 is 40.4. The average Bonchev–Trinajstić information content (AvgIpc) is 3.25. The molecular weight excluding hydrogens is 464 g/mol. The Morgan fingerprint density at radius 1 is 1.21 bits per heavy atom. The summed E-state index contributed by atoms with van der Waals surface area (Å²) in [6.45, 7) is 0.965. The molecule has 8 nitrogen and oxygen atoms in total. The number of likely N-dealkylation sites (N-methyl/N-ethyl adjacent to an activating group) is 1. The minimum atomic E-state index is -3.60. The van der Waals surface area contributed by atoms with E-state index < -0.39 is 10.0 Å². The van der Waals surface area contributed by atoms with Gasteiger partial charge in [0.05, 0.1) is 6.20 Å². The predicted octanol–water partition coefficient (Wildman–Crippen LogP) is 2.51. The van der Waals surface area contributed by atoms with Crippen LogP contribution in [-0.4, -0.2) is 51.0 Å². The van der Waals surface area contributed by atoms with Crippen molar-refractivity contribution in [2.45, 2.75) is 23.3 Å². The quantitative estimate of drug-likeness (QED) is 0.446. The zero-order valence-corrected chi connectivity index (χ0v) is 20.2. The summed E-state index contributed by atoms with van der Waals surface area (Å²) in [5, 5.41) is 7.27. The maximum absolute atomic E-state index is 12.3. The number of rotatable bonds is 9. The molecule has 0 saturated heterocycles. The van der Waals surface area contributed by atoms with E-state index in [4.69, 9.17) is 9.47 Å². The van der Waals surface area contributed by atoms with Crippen LogP contribution >= 0.6 is 12.4 Å². The molecule has 0 radical (unpaired) electrons. The fourth-order valence-corrected chi connectivity index (χ4v) is 4.92. The Bertz CT molecular complexity index is 1150. The van der Waals surface area contributed by atoms with Crippen molar-refractivity contribution in [3.05, 3.63) is 72.1 Å². The number of fused-ring (bicyclic) bond motifs is 1. The molecule has 0 bridgehead atoms. The normalized spacial score (nSPS) is 17.5. The molecule has 4 rings (SSSR count). The molecule has 0 spiro atoms. The summed E-state index contributed by atoms with van der Waals surface area (Å²) in [6.07, 6.45) is 3.66. The number of nitrogens with one attached hydrogen (secondary N) is 2. The number of benzene rings is 2. The minimum Gasteiger partial charge on any atom is -0.492 e. The van der Waals surface area contributed by atoms with Crippen LogP contribution in [-0.2, 0) is 23.5 Å². The van der Waals surface area contributed by atoms with Crippen LogP contribution in [0.5, 0.6) is 11.5 Å². The van der Waals surface area contributed by atoms with Crippen molar-refractivity contribution in [1.29, 1.82) is 0 Å². The molecule has 2 aromatic carbocycles. The smallest absolute Gasteiger partial charge is 0.243 e. The first-order chi connectivity index (χ1) is 15.5. The van der Waals surface area contributed by atoms with E-state index in [0.717, 1.165) is 17.7 Å². The first-order valence-corrected chi connectivity index (χ1v) is 12.0. The van der Waals surface area contributed by atoms with Crippen LogP contribution in [0.1, 0.15) is 17.0 Å². The topological polar surface area (TPSA) is 94.5 Å². The molecule has 0 saturated carbocycles. The molecule has 0 unspecified atom stereocenters. The number of hydrogen-bond acceptors (Lipinski definition) is 6. The third-order valence-electron chi connectivity index (χ3n) is 5.61. The van der Waals surface area contributed by atoms with E-state index in [2.05, 4.69) is 39.4 Å². The van der Waals surface area contributed by atoms with E-state index in [9.17, 15) is 8.42 Å². The highest BCUT2D eigenvalue weighted by atomic mass is 35.5. The van der Waals surface area contributed by atoms with E-state index >= 15 is 0 Å². The van der Waals surface area contributed by atoms with Crippen molar-refractivity contribution in [2.75, 3.05) is 26.8 Å². The lowest BCUT2D eigenvalue weighted by Gasteiger charge is -2.34. The summed E-state index contributed by atoms with van der Waals surface area (Å²) in [5.41, 5.74) is 2.36. The number of aryl methyl sites for hydroxylation is 1. The van der Waals surface area contributed by atoms with Gasteiger partial charge in [0, 0.05) is 37.3 Å². The molecule has 3 aromatic rings. The van der Waals surface area contributed by atoms with E-state index in [0.29, 0.717) is 12.4 Å². The second-order valence-corrected chi connectivity index (χ2v) is 9.56. The van der Waals surface area contributed by atoms with Gasteiger partial charge in [-0.3, -0.25) is 4.68 Å². The molecule has 178 valence electrons. The highest BCUT2D eigenvalue weighted by molar-refractivity contribution is 7.89. The van der Waals surface area contributed by atoms with Gasteiger partial charge in [-0.2, -0.15) is 5.10 Å². The van der Waals surface area contributed by atoms with Gasteiger partial charge >= 0.3 is 0 Å². The standard InChI is InChI=1S/C23H28N4O4S.ClH/c1-24-22-16-31-23-9-8-18(13-21(23)20(22)12-17-6-4-3-5-7-17)30-11-10-26-32(28,29)19-14-25-27(2)15-19;/h3-9,13-15,20,22,24,26H,10-12,16H2,1-2H3;1H/t20-,22+;/m1./s1. The molecule has 2 N–H and O–H groups in total. The third-order valence-corrected chi connectivity index (χ3v) is 7.02. The van der Waals surface area contributed by atoms with E-state index in [1.54, 1.807) is 7.05 Å². The van der Waals surface area contributed by atoms with Gasteiger partial charge in [-0.05, 0) is 37.2 Å². The maximum Gasteiger partial charge on any atom is 0.243 e. The molecule has 1 aliphatic heterocycles. The Morgan fingerprint density at radius 3 is 2.70 bits per heavy atom. The Balaban J connectivity index is 0.00000306. The maximum atomic E-state index is 12.3. The molecular formula is C23H29ClN4O4S. The number of ether oxygens (including phenoxy) is 2. The van der Waals surface area contributed by atoms with E-state index in [1.807, 2.05) is 31.3 Å². The second-order valence-electron chi connectivity index (χ2n) is 7.80. The summed E-state index contributed by atoms with van der Waals surface area (Å²) in [4.78, 5) is 0.132. The van der Waals surface area contributed by atoms with Gasteiger partial charge in [0.1, 0.15) is 29.6 Å². The molecule has 2 heterocycles. The molecule has 1 aliphatic rings. The van der Waals surface area contributed by atoms with Crippen LogP contribution in [0.25, 0.3) is 0 Å². The minimum absolute atomic E-state index is 0. The third kappa shape index (κ3) is 6.05. The number of hydrogen-bond donors (Lipinski definition) is 2. The van der Waals surface area contributed by atoms with Gasteiger partial charge < -0.3 is 14.8 Å².